The third-order valence-corrected chi connectivity index (χ3v) is 7.86. The van der Waals surface area contributed by atoms with Gasteiger partial charge < -0.3 is 4.57 Å². The Morgan fingerprint density at radius 3 is 1.63 bits per heavy atom. The Morgan fingerprint density at radius 2 is 1.08 bits per heavy atom. The van der Waals surface area contributed by atoms with E-state index in [2.05, 4.69) is 153 Å². The Morgan fingerprint density at radius 1 is 0.526 bits per heavy atom. The first-order valence-corrected chi connectivity index (χ1v) is 14.0. The summed E-state index contributed by atoms with van der Waals surface area (Å²) in [6.45, 7) is 23.1. The summed E-state index contributed by atoms with van der Waals surface area (Å²) in [4.78, 5) is 0. The topological polar surface area (TPSA) is 4.93 Å². The number of fused-ring (bicyclic) bond motifs is 3. The quantitative estimate of drug-likeness (QED) is 0.227. The fourth-order valence-corrected chi connectivity index (χ4v) is 5.67. The average Bonchev–Trinajstić information content (AvgIpc) is 3.16. The van der Waals surface area contributed by atoms with Crippen LogP contribution in [0.3, 0.4) is 0 Å². The van der Waals surface area contributed by atoms with Crippen LogP contribution in [-0.2, 0) is 16.2 Å². The van der Waals surface area contributed by atoms with Gasteiger partial charge in [-0.05, 0) is 75.3 Å². The number of hydrogen-bond acceptors (Lipinski definition) is 0. The summed E-state index contributed by atoms with van der Waals surface area (Å²) in [6.07, 6.45) is 0. The zero-order chi connectivity index (χ0) is 27.6. The highest BCUT2D eigenvalue weighted by atomic mass is 15.0. The van der Waals surface area contributed by atoms with E-state index in [-0.39, 0.29) is 16.2 Å². The minimum atomic E-state index is 0.0160. The molecule has 5 aromatic rings. The van der Waals surface area contributed by atoms with Crippen molar-refractivity contribution in [3.8, 4) is 16.8 Å². The Hall–Kier alpha value is -3.32. The number of hydrogen-bond donors (Lipinski definition) is 0. The molecule has 0 aliphatic carbocycles. The van der Waals surface area contributed by atoms with Crippen LogP contribution in [0.2, 0.25) is 0 Å². The van der Waals surface area contributed by atoms with Gasteiger partial charge in [0, 0.05) is 16.5 Å². The number of aryl methyl sites for hydroxylation is 1. The molecule has 1 heteroatoms. The molecular formula is C37H43N. The Bertz CT molecular complexity index is 1620. The third-order valence-electron chi connectivity index (χ3n) is 7.86. The fourth-order valence-electron chi connectivity index (χ4n) is 5.67. The van der Waals surface area contributed by atoms with Gasteiger partial charge in [-0.3, -0.25) is 0 Å². The molecule has 0 fully saturated rings. The van der Waals surface area contributed by atoms with Gasteiger partial charge in [0.2, 0.25) is 0 Å². The van der Waals surface area contributed by atoms with Crippen molar-refractivity contribution >= 4 is 21.8 Å². The van der Waals surface area contributed by atoms with E-state index in [1.54, 1.807) is 0 Å². The van der Waals surface area contributed by atoms with Crippen molar-refractivity contribution in [2.45, 2.75) is 85.5 Å². The van der Waals surface area contributed by atoms with Gasteiger partial charge in [-0.1, -0.05) is 122 Å². The average molecular weight is 502 g/mol. The molecule has 0 unspecified atom stereocenters. The fraction of sp³-hybridized carbons (Fsp3) is 0.351. The molecule has 0 spiro atoms. The monoisotopic (exact) mass is 501 g/mol. The Kier molecular flexibility index (Phi) is 6.14. The Balaban J connectivity index is 1.99. The van der Waals surface area contributed by atoms with Crippen molar-refractivity contribution < 1.29 is 0 Å². The molecule has 0 aliphatic heterocycles. The molecular weight excluding hydrogens is 458 g/mol. The molecule has 0 aliphatic rings. The summed E-state index contributed by atoms with van der Waals surface area (Å²) >= 11 is 0. The summed E-state index contributed by atoms with van der Waals surface area (Å²) in [5.41, 5.74) is 11.9. The molecule has 5 rings (SSSR count). The summed E-state index contributed by atoms with van der Waals surface area (Å²) in [5, 5.41) is 2.71. The van der Waals surface area contributed by atoms with Crippen molar-refractivity contribution in [2.24, 2.45) is 0 Å². The number of aromatic nitrogens is 1. The molecule has 1 nitrogen and oxygen atoms in total. The smallest absolute Gasteiger partial charge is 0.0547 e. The predicted molar refractivity (Wildman–Crippen MR) is 167 cm³/mol. The zero-order valence-corrected chi connectivity index (χ0v) is 25.0. The maximum atomic E-state index is 2.52. The van der Waals surface area contributed by atoms with Gasteiger partial charge in [-0.15, -0.1) is 0 Å². The largest absolute Gasteiger partial charge is 0.309 e. The summed E-state index contributed by atoms with van der Waals surface area (Å²) < 4.78 is 2.52. The lowest BCUT2D eigenvalue weighted by Gasteiger charge is -2.27. The van der Waals surface area contributed by atoms with Crippen LogP contribution in [0.15, 0.2) is 78.9 Å². The first-order valence-electron chi connectivity index (χ1n) is 14.0. The van der Waals surface area contributed by atoms with Crippen LogP contribution >= 0.6 is 0 Å². The van der Waals surface area contributed by atoms with E-state index < -0.39 is 0 Å². The van der Waals surface area contributed by atoms with E-state index in [9.17, 15) is 0 Å². The highest BCUT2D eigenvalue weighted by Gasteiger charge is 2.26. The van der Waals surface area contributed by atoms with Gasteiger partial charge >= 0.3 is 0 Å². The molecule has 0 atom stereocenters. The third kappa shape index (κ3) is 4.57. The lowest BCUT2D eigenvalue weighted by molar-refractivity contribution is 0.568. The van der Waals surface area contributed by atoms with Crippen LogP contribution < -0.4 is 0 Å². The zero-order valence-electron chi connectivity index (χ0n) is 25.0. The maximum absolute atomic E-state index is 2.52. The van der Waals surface area contributed by atoms with Crippen LogP contribution in [0.25, 0.3) is 38.6 Å². The van der Waals surface area contributed by atoms with Gasteiger partial charge in [0.1, 0.15) is 0 Å². The highest BCUT2D eigenvalue weighted by Crippen LogP contribution is 2.44. The van der Waals surface area contributed by atoms with Gasteiger partial charge in [-0.2, -0.15) is 0 Å². The Labute approximate surface area is 229 Å². The molecule has 0 amide bonds. The van der Waals surface area contributed by atoms with Crippen molar-refractivity contribution in [2.75, 3.05) is 0 Å². The lowest BCUT2D eigenvalue weighted by Crippen LogP contribution is -2.17. The number of rotatable bonds is 2. The number of nitrogens with zero attached hydrogens (tertiary/aromatic N) is 1. The molecule has 1 heterocycles. The molecule has 196 valence electrons. The second-order valence-electron chi connectivity index (χ2n) is 14.1. The normalized spacial score (nSPS) is 13.0. The van der Waals surface area contributed by atoms with Crippen LogP contribution in [0.4, 0.5) is 0 Å². The van der Waals surface area contributed by atoms with Crippen LogP contribution in [-0.4, -0.2) is 4.57 Å². The lowest BCUT2D eigenvalue weighted by atomic mass is 9.80. The molecule has 0 bridgehead atoms. The van der Waals surface area contributed by atoms with Crippen LogP contribution in [0.1, 0.15) is 84.6 Å². The molecule has 1 aromatic heterocycles. The van der Waals surface area contributed by atoms with E-state index >= 15 is 0 Å². The maximum Gasteiger partial charge on any atom is 0.0547 e. The second-order valence-corrected chi connectivity index (χ2v) is 14.1. The van der Waals surface area contributed by atoms with E-state index in [1.165, 1.54) is 60.9 Å². The molecule has 0 radical (unpaired) electrons. The van der Waals surface area contributed by atoms with E-state index in [0.717, 1.165) is 0 Å². The van der Waals surface area contributed by atoms with Crippen molar-refractivity contribution in [3.05, 3.63) is 101 Å². The van der Waals surface area contributed by atoms with Gasteiger partial charge in [0.15, 0.2) is 0 Å². The predicted octanol–water partition coefficient (Wildman–Crippen LogP) is 10.7. The minimum absolute atomic E-state index is 0.0160. The van der Waals surface area contributed by atoms with Gasteiger partial charge in [0.05, 0.1) is 11.0 Å². The van der Waals surface area contributed by atoms with Gasteiger partial charge in [0.25, 0.3) is 0 Å². The molecule has 38 heavy (non-hydrogen) atoms. The van der Waals surface area contributed by atoms with Gasteiger partial charge in [-0.25, -0.2) is 0 Å². The highest BCUT2D eigenvalue weighted by molar-refractivity contribution is 6.17. The molecule has 0 saturated carbocycles. The SMILES string of the molecule is Cc1cccc(-c2cccc3c2c2c(C(C)(C)C)cccc2n3-c2cc(C(C)(C)C)cc(C(C)(C)C)c2)c1. The number of benzene rings is 4. The summed E-state index contributed by atoms with van der Waals surface area (Å²) in [7, 11) is 0. The van der Waals surface area contributed by atoms with Crippen LogP contribution in [0, 0.1) is 6.92 Å². The summed E-state index contributed by atoms with van der Waals surface area (Å²) in [5.74, 6) is 0. The molecule has 0 N–H and O–H groups in total. The first kappa shape index (κ1) is 26.3. The van der Waals surface area contributed by atoms with Crippen molar-refractivity contribution in [1.29, 1.82) is 0 Å². The second kappa shape index (κ2) is 8.87. The first-order chi connectivity index (χ1) is 17.7. The summed E-state index contributed by atoms with van der Waals surface area (Å²) in [6, 6.07) is 29.9. The minimum Gasteiger partial charge on any atom is -0.309 e. The van der Waals surface area contributed by atoms with Crippen molar-refractivity contribution in [1.82, 2.24) is 4.57 Å². The standard InChI is InChI=1S/C37H43N/c1-24-14-11-15-25(20-24)29-16-12-18-31-33(29)34-30(37(8,9)10)17-13-19-32(34)38(31)28-22-26(35(2,3)4)21-27(23-28)36(5,6)7/h11-23H,1-10H3. The van der Waals surface area contributed by atoms with Crippen molar-refractivity contribution in [3.63, 3.8) is 0 Å². The molecule has 4 aromatic carbocycles. The van der Waals surface area contributed by atoms with E-state index in [1.807, 2.05) is 0 Å². The van der Waals surface area contributed by atoms with Crippen LogP contribution in [0.5, 0.6) is 0 Å². The molecule has 0 saturated heterocycles. The van der Waals surface area contributed by atoms with E-state index in [0.29, 0.717) is 0 Å². The van der Waals surface area contributed by atoms with E-state index in [4.69, 9.17) is 0 Å².